The Hall–Kier alpha value is -0.900. The van der Waals surface area contributed by atoms with Crippen LogP contribution in [0.15, 0.2) is 4.99 Å². The molecule has 1 aliphatic rings. The normalized spacial score (nSPS) is 15.4. The molecule has 1 amide bonds. The Morgan fingerprint density at radius 3 is 2.35 bits per heavy atom. The van der Waals surface area contributed by atoms with Crippen LogP contribution in [0.2, 0.25) is 0 Å². The van der Waals surface area contributed by atoms with E-state index in [9.17, 15) is 4.79 Å². The maximum Gasteiger partial charge on any atom is 0.219 e. The van der Waals surface area contributed by atoms with Gasteiger partial charge in [-0.25, -0.2) is 9.98 Å². The highest BCUT2D eigenvalue weighted by Gasteiger charge is 2.20. The largest absolute Gasteiger partial charge is 0.357 e. The zero-order valence-electron chi connectivity index (χ0n) is 14.3. The van der Waals surface area contributed by atoms with Gasteiger partial charge < -0.3 is 15.1 Å². The number of aromatic nitrogens is 1. The highest BCUT2D eigenvalue weighted by Crippen LogP contribution is 2.18. The van der Waals surface area contributed by atoms with E-state index in [4.69, 9.17) is 4.99 Å². The predicted octanol–water partition coefficient (Wildman–Crippen LogP) is 2.01. The van der Waals surface area contributed by atoms with E-state index < -0.39 is 0 Å². The molecule has 2 rings (SSSR count). The van der Waals surface area contributed by atoms with Crippen molar-refractivity contribution in [3.05, 3.63) is 15.6 Å². The van der Waals surface area contributed by atoms with Crippen molar-refractivity contribution in [2.45, 2.75) is 34.2 Å². The molecule has 1 fully saturated rings. The summed E-state index contributed by atoms with van der Waals surface area (Å²) >= 11 is 1.71. The van der Waals surface area contributed by atoms with Gasteiger partial charge in [-0.1, -0.05) is 0 Å². The van der Waals surface area contributed by atoms with E-state index in [0.29, 0.717) is 6.54 Å². The topological polar surface area (TPSA) is 60.8 Å². The average Bonchev–Trinajstić information content (AvgIpc) is 2.81. The van der Waals surface area contributed by atoms with Crippen LogP contribution in [0.4, 0.5) is 0 Å². The summed E-state index contributed by atoms with van der Waals surface area (Å²) in [5.74, 6) is 1.08. The number of amides is 1. The molecule has 8 heteroatoms. The molecule has 1 aromatic rings. The Bertz CT molecular complexity index is 552. The van der Waals surface area contributed by atoms with Gasteiger partial charge in [-0.2, -0.15) is 0 Å². The number of nitrogens with one attached hydrogen (secondary N) is 1. The molecule has 0 spiro atoms. The molecular formula is C15H26IN5OS. The van der Waals surface area contributed by atoms with E-state index in [1.807, 2.05) is 18.7 Å². The van der Waals surface area contributed by atoms with Crippen molar-refractivity contribution in [3.8, 4) is 0 Å². The van der Waals surface area contributed by atoms with Gasteiger partial charge in [-0.05, 0) is 20.8 Å². The second-order valence-electron chi connectivity index (χ2n) is 5.40. The van der Waals surface area contributed by atoms with E-state index in [-0.39, 0.29) is 29.9 Å². The molecular weight excluding hydrogens is 425 g/mol. The number of aryl methyl sites for hydroxylation is 2. The van der Waals surface area contributed by atoms with Gasteiger partial charge in [-0.15, -0.1) is 35.3 Å². The molecule has 1 saturated heterocycles. The SMILES string of the molecule is CCNC(=NCc1sc(C)nc1C)N1CCN(C(C)=O)CC1.I. The van der Waals surface area contributed by atoms with Crippen molar-refractivity contribution in [2.75, 3.05) is 32.7 Å². The third kappa shape index (κ3) is 5.59. The van der Waals surface area contributed by atoms with Crippen LogP contribution in [0, 0.1) is 13.8 Å². The third-order valence-corrected chi connectivity index (χ3v) is 4.79. The number of piperazine rings is 1. The molecule has 1 N–H and O–H groups in total. The van der Waals surface area contributed by atoms with E-state index in [0.717, 1.165) is 49.4 Å². The number of hydrogen-bond acceptors (Lipinski definition) is 4. The molecule has 6 nitrogen and oxygen atoms in total. The fourth-order valence-corrected chi connectivity index (χ4v) is 3.39. The van der Waals surface area contributed by atoms with Crippen molar-refractivity contribution in [3.63, 3.8) is 0 Å². The molecule has 23 heavy (non-hydrogen) atoms. The molecule has 0 unspecified atom stereocenters. The lowest BCUT2D eigenvalue weighted by Gasteiger charge is -2.36. The number of hydrogen-bond donors (Lipinski definition) is 1. The standard InChI is InChI=1S/C15H25N5OS.HI/c1-5-16-15(17-10-14-11(2)18-12(3)22-14)20-8-6-19(7-9-20)13(4)21;/h5-10H2,1-4H3,(H,16,17);1H. The van der Waals surface area contributed by atoms with Crippen LogP contribution in [0.25, 0.3) is 0 Å². The maximum absolute atomic E-state index is 11.4. The Kier molecular flexibility index (Phi) is 8.24. The number of nitrogens with zero attached hydrogens (tertiary/aromatic N) is 4. The summed E-state index contributed by atoms with van der Waals surface area (Å²) in [4.78, 5) is 25.9. The maximum atomic E-state index is 11.4. The van der Waals surface area contributed by atoms with Crippen LogP contribution in [0.5, 0.6) is 0 Å². The molecule has 1 aliphatic heterocycles. The van der Waals surface area contributed by atoms with Crippen molar-refractivity contribution < 1.29 is 4.79 Å². The van der Waals surface area contributed by atoms with E-state index >= 15 is 0 Å². The van der Waals surface area contributed by atoms with Gasteiger partial charge in [0.25, 0.3) is 0 Å². The highest BCUT2D eigenvalue weighted by atomic mass is 127. The first-order valence-electron chi connectivity index (χ1n) is 7.73. The number of halogens is 1. The lowest BCUT2D eigenvalue weighted by Crippen LogP contribution is -2.53. The molecule has 0 aromatic carbocycles. The fraction of sp³-hybridized carbons (Fsp3) is 0.667. The summed E-state index contributed by atoms with van der Waals surface area (Å²) in [5, 5.41) is 4.44. The minimum absolute atomic E-state index is 0. The minimum atomic E-state index is 0. The van der Waals surface area contributed by atoms with Crippen molar-refractivity contribution in [1.82, 2.24) is 20.1 Å². The molecule has 130 valence electrons. The monoisotopic (exact) mass is 451 g/mol. The number of rotatable bonds is 3. The lowest BCUT2D eigenvalue weighted by atomic mass is 10.3. The van der Waals surface area contributed by atoms with Gasteiger partial charge in [0.1, 0.15) is 0 Å². The first kappa shape index (κ1) is 20.1. The summed E-state index contributed by atoms with van der Waals surface area (Å²) in [6, 6.07) is 0. The molecule has 0 aliphatic carbocycles. The van der Waals surface area contributed by atoms with Crippen LogP contribution in [0.1, 0.15) is 29.4 Å². The van der Waals surface area contributed by atoms with Crippen LogP contribution < -0.4 is 5.32 Å². The molecule has 0 bridgehead atoms. The van der Waals surface area contributed by atoms with Gasteiger partial charge >= 0.3 is 0 Å². The molecule has 2 heterocycles. The Morgan fingerprint density at radius 1 is 1.26 bits per heavy atom. The molecule has 0 radical (unpaired) electrons. The predicted molar refractivity (Wildman–Crippen MR) is 106 cm³/mol. The summed E-state index contributed by atoms with van der Waals surface area (Å²) in [6.45, 7) is 12.4. The summed E-state index contributed by atoms with van der Waals surface area (Å²) in [5.41, 5.74) is 1.07. The number of thiazole rings is 1. The van der Waals surface area contributed by atoms with Gasteiger partial charge in [0.2, 0.25) is 5.91 Å². The summed E-state index contributed by atoms with van der Waals surface area (Å²) in [7, 11) is 0. The number of aliphatic imine (C=N–C) groups is 1. The first-order chi connectivity index (χ1) is 10.5. The van der Waals surface area contributed by atoms with Crippen molar-refractivity contribution in [1.29, 1.82) is 0 Å². The van der Waals surface area contributed by atoms with Gasteiger partial charge in [0.15, 0.2) is 5.96 Å². The van der Waals surface area contributed by atoms with Gasteiger partial charge in [0.05, 0.1) is 17.2 Å². The van der Waals surface area contributed by atoms with Crippen LogP contribution in [0.3, 0.4) is 0 Å². The number of carbonyl (C=O) groups is 1. The minimum Gasteiger partial charge on any atom is -0.357 e. The molecule has 0 atom stereocenters. The van der Waals surface area contributed by atoms with Gasteiger partial charge in [0, 0.05) is 44.5 Å². The van der Waals surface area contributed by atoms with E-state index in [1.54, 1.807) is 18.3 Å². The Labute approximate surface area is 159 Å². The van der Waals surface area contributed by atoms with E-state index in [1.165, 1.54) is 4.88 Å². The Morgan fingerprint density at radius 2 is 1.87 bits per heavy atom. The van der Waals surface area contributed by atoms with Crippen LogP contribution in [-0.2, 0) is 11.3 Å². The number of carbonyl (C=O) groups excluding carboxylic acids is 1. The average molecular weight is 451 g/mol. The van der Waals surface area contributed by atoms with Gasteiger partial charge in [-0.3, -0.25) is 4.79 Å². The van der Waals surface area contributed by atoms with Crippen molar-refractivity contribution in [2.24, 2.45) is 4.99 Å². The van der Waals surface area contributed by atoms with Crippen LogP contribution in [-0.4, -0.2) is 59.4 Å². The third-order valence-electron chi connectivity index (χ3n) is 3.73. The molecule has 0 saturated carbocycles. The second-order valence-corrected chi connectivity index (χ2v) is 6.69. The second kappa shape index (κ2) is 9.41. The Balaban J connectivity index is 0.00000264. The summed E-state index contributed by atoms with van der Waals surface area (Å²) in [6.07, 6.45) is 0. The fourth-order valence-electron chi connectivity index (χ4n) is 2.53. The highest BCUT2D eigenvalue weighted by molar-refractivity contribution is 14.0. The van der Waals surface area contributed by atoms with E-state index in [2.05, 4.69) is 22.1 Å². The zero-order chi connectivity index (χ0) is 16.1. The quantitative estimate of drug-likeness (QED) is 0.434. The molecule has 1 aromatic heterocycles. The number of guanidine groups is 1. The van der Waals surface area contributed by atoms with Crippen molar-refractivity contribution >= 4 is 47.2 Å². The summed E-state index contributed by atoms with van der Waals surface area (Å²) < 4.78 is 0. The van der Waals surface area contributed by atoms with Crippen LogP contribution >= 0.6 is 35.3 Å². The smallest absolute Gasteiger partial charge is 0.219 e. The first-order valence-corrected chi connectivity index (χ1v) is 8.54. The zero-order valence-corrected chi connectivity index (χ0v) is 17.4. The lowest BCUT2D eigenvalue weighted by molar-refractivity contribution is -0.130.